The van der Waals surface area contributed by atoms with E-state index in [0.717, 1.165) is 11.3 Å². The predicted octanol–water partition coefficient (Wildman–Crippen LogP) is 1.53. The van der Waals surface area contributed by atoms with Gasteiger partial charge in [-0.3, -0.25) is 0 Å². The molecule has 1 rings (SSSR count). The third-order valence-electron chi connectivity index (χ3n) is 2.45. The minimum Gasteiger partial charge on any atom is -0.497 e. The van der Waals surface area contributed by atoms with Crippen molar-refractivity contribution in [1.82, 2.24) is 10.0 Å². The summed E-state index contributed by atoms with van der Waals surface area (Å²) in [7, 11) is -1.55. The molecule has 5 nitrogen and oxygen atoms in total. The van der Waals surface area contributed by atoms with Gasteiger partial charge in [0.15, 0.2) is 0 Å². The first-order valence-electron chi connectivity index (χ1n) is 6.26. The smallest absolute Gasteiger partial charge is 0.213 e. The maximum Gasteiger partial charge on any atom is 0.213 e. The van der Waals surface area contributed by atoms with Crippen molar-refractivity contribution in [2.75, 3.05) is 19.4 Å². The normalized spacial score (nSPS) is 11.2. The molecule has 0 fully saturated rings. The Bertz CT molecular complexity index is 475. The van der Waals surface area contributed by atoms with Gasteiger partial charge in [-0.2, -0.15) is 0 Å². The van der Waals surface area contributed by atoms with Crippen LogP contribution in [0.4, 0.5) is 0 Å². The van der Waals surface area contributed by atoms with Crippen molar-refractivity contribution in [2.45, 2.75) is 26.4 Å². The summed E-state index contributed by atoms with van der Waals surface area (Å²) in [6.45, 7) is 4.68. The van der Waals surface area contributed by atoms with Gasteiger partial charge in [0.05, 0.1) is 12.9 Å². The van der Waals surface area contributed by atoms with Crippen LogP contribution >= 0.6 is 12.4 Å². The molecule has 116 valence electrons. The van der Waals surface area contributed by atoms with E-state index in [1.807, 2.05) is 38.1 Å². The first-order valence-corrected chi connectivity index (χ1v) is 7.92. The zero-order valence-corrected chi connectivity index (χ0v) is 13.7. The molecule has 0 saturated carbocycles. The van der Waals surface area contributed by atoms with Gasteiger partial charge in [0.1, 0.15) is 5.75 Å². The van der Waals surface area contributed by atoms with Crippen LogP contribution in [0.25, 0.3) is 0 Å². The molecule has 0 bridgehead atoms. The summed E-state index contributed by atoms with van der Waals surface area (Å²) in [5.41, 5.74) is 1.09. The third kappa shape index (κ3) is 7.69. The summed E-state index contributed by atoms with van der Waals surface area (Å²) < 4.78 is 30.8. The minimum absolute atomic E-state index is 0. The summed E-state index contributed by atoms with van der Waals surface area (Å²) in [6.07, 6.45) is 0. The summed E-state index contributed by atoms with van der Waals surface area (Å²) in [5, 5.41) is 3.11. The first kappa shape index (κ1) is 19.2. The van der Waals surface area contributed by atoms with Gasteiger partial charge >= 0.3 is 0 Å². The lowest BCUT2D eigenvalue weighted by Crippen LogP contribution is -2.35. The highest BCUT2D eigenvalue weighted by Gasteiger charge is 2.10. The van der Waals surface area contributed by atoms with E-state index in [4.69, 9.17) is 4.74 Å². The molecular weight excluding hydrogens is 300 g/mol. The molecule has 1 aromatic carbocycles. The highest BCUT2D eigenvalue weighted by molar-refractivity contribution is 7.89. The Hall–Kier alpha value is -0.820. The van der Waals surface area contributed by atoms with Crippen molar-refractivity contribution in [2.24, 2.45) is 0 Å². The zero-order chi connectivity index (χ0) is 14.3. The second-order valence-electron chi connectivity index (χ2n) is 4.62. The van der Waals surface area contributed by atoms with Crippen molar-refractivity contribution in [1.29, 1.82) is 0 Å². The van der Waals surface area contributed by atoms with Gasteiger partial charge in [-0.15, -0.1) is 12.4 Å². The number of halogens is 1. The fourth-order valence-corrected chi connectivity index (χ4v) is 2.85. The molecule has 0 spiro atoms. The predicted molar refractivity (Wildman–Crippen MR) is 84.0 cm³/mol. The molecule has 0 amide bonds. The highest BCUT2D eigenvalue weighted by atomic mass is 35.5. The Balaban J connectivity index is 0.00000361. The Morgan fingerprint density at radius 2 is 1.80 bits per heavy atom. The van der Waals surface area contributed by atoms with E-state index >= 15 is 0 Å². The molecule has 0 atom stereocenters. The number of hydrogen-bond acceptors (Lipinski definition) is 4. The number of methoxy groups -OCH3 is 1. The van der Waals surface area contributed by atoms with E-state index < -0.39 is 10.0 Å². The molecule has 0 radical (unpaired) electrons. The largest absolute Gasteiger partial charge is 0.497 e. The lowest BCUT2D eigenvalue weighted by Gasteiger charge is -2.10. The van der Waals surface area contributed by atoms with Gasteiger partial charge in [0.25, 0.3) is 0 Å². The lowest BCUT2D eigenvalue weighted by molar-refractivity contribution is 0.414. The van der Waals surface area contributed by atoms with Crippen molar-refractivity contribution in [3.8, 4) is 5.75 Å². The lowest BCUT2D eigenvalue weighted by atomic mass is 10.2. The molecular formula is C13H23ClN2O3S. The summed E-state index contributed by atoms with van der Waals surface area (Å²) >= 11 is 0. The van der Waals surface area contributed by atoms with Gasteiger partial charge < -0.3 is 10.1 Å². The highest BCUT2D eigenvalue weighted by Crippen LogP contribution is 2.10. The van der Waals surface area contributed by atoms with Crippen molar-refractivity contribution < 1.29 is 13.2 Å². The van der Waals surface area contributed by atoms with E-state index in [2.05, 4.69) is 10.0 Å². The molecule has 0 aromatic heterocycles. The van der Waals surface area contributed by atoms with Crippen LogP contribution in [-0.4, -0.2) is 33.9 Å². The van der Waals surface area contributed by atoms with E-state index in [1.54, 1.807) is 7.11 Å². The van der Waals surface area contributed by atoms with Crippen molar-refractivity contribution >= 4 is 22.4 Å². The van der Waals surface area contributed by atoms with Crippen LogP contribution in [0.2, 0.25) is 0 Å². The van der Waals surface area contributed by atoms with Crippen molar-refractivity contribution in [3.63, 3.8) is 0 Å². The first-order chi connectivity index (χ1) is 8.93. The van der Waals surface area contributed by atoms with Gasteiger partial charge in [-0.1, -0.05) is 12.1 Å². The Labute approximate surface area is 127 Å². The van der Waals surface area contributed by atoms with Gasteiger partial charge in [-0.25, -0.2) is 13.1 Å². The third-order valence-corrected chi connectivity index (χ3v) is 4.02. The minimum atomic E-state index is -3.18. The Morgan fingerprint density at radius 1 is 1.20 bits per heavy atom. The van der Waals surface area contributed by atoms with Crippen molar-refractivity contribution in [3.05, 3.63) is 29.8 Å². The molecule has 2 N–H and O–H groups in total. The number of sulfonamides is 1. The second kappa shape index (κ2) is 9.18. The second-order valence-corrected chi connectivity index (χ2v) is 6.49. The Kier molecular flexibility index (Phi) is 8.80. The van der Waals surface area contributed by atoms with Crippen LogP contribution in [0.1, 0.15) is 19.4 Å². The summed E-state index contributed by atoms with van der Waals surface area (Å²) in [6, 6.07) is 7.60. The number of benzene rings is 1. The van der Waals surface area contributed by atoms with Gasteiger partial charge in [0, 0.05) is 19.1 Å². The summed E-state index contributed by atoms with van der Waals surface area (Å²) in [4.78, 5) is 0. The molecule has 0 saturated heterocycles. The molecule has 0 aliphatic carbocycles. The SMILES string of the molecule is COc1ccc(CNCCS(=O)(=O)NC(C)C)cc1.Cl. The van der Waals surface area contributed by atoms with E-state index in [9.17, 15) is 8.42 Å². The van der Waals surface area contributed by atoms with Crippen LogP contribution in [-0.2, 0) is 16.6 Å². The van der Waals surface area contributed by atoms with E-state index in [-0.39, 0.29) is 24.2 Å². The Morgan fingerprint density at radius 3 is 2.30 bits per heavy atom. The van der Waals surface area contributed by atoms with E-state index in [0.29, 0.717) is 13.1 Å². The van der Waals surface area contributed by atoms with Crippen LogP contribution in [0.3, 0.4) is 0 Å². The summed E-state index contributed by atoms with van der Waals surface area (Å²) in [5.74, 6) is 0.897. The van der Waals surface area contributed by atoms with Gasteiger partial charge in [-0.05, 0) is 31.5 Å². The molecule has 0 aliphatic heterocycles. The standard InChI is InChI=1S/C13H22N2O3S.ClH/c1-11(2)15-19(16,17)9-8-14-10-12-4-6-13(18-3)7-5-12;/h4-7,11,14-15H,8-10H2,1-3H3;1H. The van der Waals surface area contributed by atoms with Gasteiger partial charge in [0.2, 0.25) is 10.0 Å². The number of rotatable bonds is 8. The average molecular weight is 323 g/mol. The van der Waals surface area contributed by atoms with Crippen LogP contribution in [0.15, 0.2) is 24.3 Å². The number of hydrogen-bond donors (Lipinski definition) is 2. The maximum absolute atomic E-state index is 11.6. The van der Waals surface area contributed by atoms with Crippen LogP contribution in [0.5, 0.6) is 5.75 Å². The topological polar surface area (TPSA) is 67.4 Å². The molecule has 0 unspecified atom stereocenters. The quantitative estimate of drug-likeness (QED) is 0.712. The van der Waals surface area contributed by atoms with E-state index in [1.165, 1.54) is 0 Å². The number of ether oxygens (including phenoxy) is 1. The molecule has 7 heteroatoms. The molecule has 0 aliphatic rings. The zero-order valence-electron chi connectivity index (χ0n) is 12.0. The monoisotopic (exact) mass is 322 g/mol. The fourth-order valence-electron chi connectivity index (χ4n) is 1.60. The average Bonchev–Trinajstić information content (AvgIpc) is 2.34. The molecule has 20 heavy (non-hydrogen) atoms. The van der Waals surface area contributed by atoms with Crippen LogP contribution in [0, 0.1) is 0 Å². The van der Waals surface area contributed by atoms with Crippen LogP contribution < -0.4 is 14.8 Å². The maximum atomic E-state index is 11.6. The number of nitrogens with one attached hydrogen (secondary N) is 2. The molecule has 0 heterocycles. The molecule has 1 aromatic rings. The fraction of sp³-hybridized carbons (Fsp3) is 0.538.